The molecule has 3 rings (SSSR count). The standard InChI is InChI=1S/C25H24F4O/c1-2-3-4-5-6-17-7-9-18(10-8-17)21-13-11-19(15-22(21)26)20-12-14-24(23(27)16-20)30-25(28)29/h7-16,25H,2-6H2,1H3. The summed E-state index contributed by atoms with van der Waals surface area (Å²) < 4.78 is 57.3. The van der Waals surface area contributed by atoms with Gasteiger partial charge in [-0.05, 0) is 53.3 Å². The van der Waals surface area contributed by atoms with Crippen LogP contribution in [0.3, 0.4) is 0 Å². The second kappa shape index (κ2) is 10.3. The molecule has 158 valence electrons. The smallest absolute Gasteiger partial charge is 0.387 e. The maximum atomic E-state index is 14.7. The highest BCUT2D eigenvalue weighted by atomic mass is 19.3. The lowest BCUT2D eigenvalue weighted by Crippen LogP contribution is -2.03. The minimum absolute atomic E-state index is 0.377. The fraction of sp³-hybridized carbons (Fsp3) is 0.280. The Morgan fingerprint density at radius 3 is 1.97 bits per heavy atom. The summed E-state index contributed by atoms with van der Waals surface area (Å²) in [6.07, 6.45) is 5.81. The van der Waals surface area contributed by atoms with Crippen LogP contribution in [0.25, 0.3) is 22.3 Å². The van der Waals surface area contributed by atoms with Crippen molar-refractivity contribution in [2.75, 3.05) is 0 Å². The summed E-state index contributed by atoms with van der Waals surface area (Å²) in [5, 5.41) is 0. The van der Waals surface area contributed by atoms with Gasteiger partial charge < -0.3 is 4.74 Å². The molecule has 5 heteroatoms. The van der Waals surface area contributed by atoms with Gasteiger partial charge in [0, 0.05) is 5.56 Å². The molecule has 0 heterocycles. The largest absolute Gasteiger partial charge is 0.432 e. The maximum absolute atomic E-state index is 14.7. The molecule has 0 radical (unpaired) electrons. The molecule has 0 aromatic heterocycles. The van der Waals surface area contributed by atoms with Gasteiger partial charge in [0.1, 0.15) is 5.82 Å². The number of unbranched alkanes of at least 4 members (excludes halogenated alkanes) is 3. The first-order valence-electron chi connectivity index (χ1n) is 10.1. The zero-order valence-electron chi connectivity index (χ0n) is 16.8. The summed E-state index contributed by atoms with van der Waals surface area (Å²) >= 11 is 0. The van der Waals surface area contributed by atoms with Gasteiger partial charge in [-0.25, -0.2) is 8.78 Å². The third kappa shape index (κ3) is 5.62. The van der Waals surface area contributed by atoms with Crippen molar-refractivity contribution in [2.24, 2.45) is 0 Å². The first-order chi connectivity index (χ1) is 14.5. The molecule has 0 aliphatic heterocycles. The molecule has 0 aliphatic rings. The molecule has 0 spiro atoms. The van der Waals surface area contributed by atoms with Gasteiger partial charge in [-0.2, -0.15) is 8.78 Å². The average molecular weight is 416 g/mol. The molecule has 3 aromatic carbocycles. The van der Waals surface area contributed by atoms with Crippen LogP contribution in [0.15, 0.2) is 60.7 Å². The third-order valence-corrected chi connectivity index (χ3v) is 5.03. The van der Waals surface area contributed by atoms with Crippen LogP contribution >= 0.6 is 0 Å². The number of halogens is 4. The van der Waals surface area contributed by atoms with Gasteiger partial charge in [0.25, 0.3) is 0 Å². The molecular weight excluding hydrogens is 392 g/mol. The van der Waals surface area contributed by atoms with Gasteiger partial charge in [-0.3, -0.25) is 0 Å². The highest BCUT2D eigenvalue weighted by Gasteiger charge is 2.13. The molecule has 3 aromatic rings. The zero-order valence-corrected chi connectivity index (χ0v) is 16.8. The zero-order chi connectivity index (χ0) is 21.5. The topological polar surface area (TPSA) is 9.23 Å². The van der Waals surface area contributed by atoms with E-state index in [-0.39, 0.29) is 0 Å². The first kappa shape index (κ1) is 21.9. The average Bonchev–Trinajstić information content (AvgIpc) is 2.73. The molecule has 0 unspecified atom stereocenters. The lowest BCUT2D eigenvalue weighted by molar-refractivity contribution is -0.0521. The van der Waals surface area contributed by atoms with E-state index in [0.717, 1.165) is 30.5 Å². The van der Waals surface area contributed by atoms with E-state index in [1.165, 1.54) is 37.0 Å². The van der Waals surface area contributed by atoms with Crippen LogP contribution in [0, 0.1) is 11.6 Å². The van der Waals surface area contributed by atoms with Crippen molar-refractivity contribution < 1.29 is 22.3 Å². The number of alkyl halides is 2. The van der Waals surface area contributed by atoms with E-state index in [0.29, 0.717) is 16.7 Å². The van der Waals surface area contributed by atoms with Gasteiger partial charge in [-0.15, -0.1) is 0 Å². The number of aryl methyl sites for hydroxylation is 1. The second-order valence-corrected chi connectivity index (χ2v) is 7.23. The second-order valence-electron chi connectivity index (χ2n) is 7.23. The van der Waals surface area contributed by atoms with Crippen molar-refractivity contribution in [1.29, 1.82) is 0 Å². The molecule has 0 saturated heterocycles. The molecule has 0 atom stereocenters. The number of hydrogen-bond donors (Lipinski definition) is 0. The number of rotatable bonds is 9. The van der Waals surface area contributed by atoms with E-state index in [2.05, 4.69) is 11.7 Å². The molecule has 0 amide bonds. The predicted octanol–water partition coefficient (Wildman–Crippen LogP) is 8.02. The Labute approximate surface area is 174 Å². The van der Waals surface area contributed by atoms with Gasteiger partial charge >= 0.3 is 6.61 Å². The van der Waals surface area contributed by atoms with Crippen molar-refractivity contribution in [2.45, 2.75) is 45.6 Å². The Hall–Kier alpha value is -2.82. The van der Waals surface area contributed by atoms with Crippen molar-refractivity contribution in [1.82, 2.24) is 0 Å². The monoisotopic (exact) mass is 416 g/mol. The highest BCUT2D eigenvalue weighted by molar-refractivity contribution is 5.71. The molecule has 0 aliphatic carbocycles. The van der Waals surface area contributed by atoms with E-state index >= 15 is 0 Å². The predicted molar refractivity (Wildman–Crippen MR) is 112 cm³/mol. The Bertz CT molecular complexity index is 967. The Morgan fingerprint density at radius 2 is 1.37 bits per heavy atom. The Kier molecular flexibility index (Phi) is 7.50. The summed E-state index contributed by atoms with van der Waals surface area (Å²) in [6.45, 7) is -0.924. The number of hydrogen-bond acceptors (Lipinski definition) is 1. The summed E-state index contributed by atoms with van der Waals surface area (Å²) in [6, 6.07) is 16.1. The van der Waals surface area contributed by atoms with Crippen LogP contribution < -0.4 is 4.74 Å². The van der Waals surface area contributed by atoms with Gasteiger partial charge in [0.05, 0.1) is 0 Å². The van der Waals surface area contributed by atoms with Crippen molar-refractivity contribution in [3.63, 3.8) is 0 Å². The van der Waals surface area contributed by atoms with Crippen LogP contribution in [0.2, 0.25) is 0 Å². The molecule has 30 heavy (non-hydrogen) atoms. The SMILES string of the molecule is CCCCCCc1ccc(-c2ccc(-c3ccc(OC(F)F)c(F)c3)cc2F)cc1. The lowest BCUT2D eigenvalue weighted by Gasteiger charge is -2.10. The Morgan fingerprint density at radius 1 is 0.733 bits per heavy atom. The third-order valence-electron chi connectivity index (χ3n) is 5.03. The van der Waals surface area contributed by atoms with Gasteiger partial charge in [-0.1, -0.05) is 68.7 Å². The molecule has 1 nitrogen and oxygen atoms in total. The van der Waals surface area contributed by atoms with E-state index in [1.807, 2.05) is 24.3 Å². The van der Waals surface area contributed by atoms with Crippen LogP contribution in [0.4, 0.5) is 17.6 Å². The van der Waals surface area contributed by atoms with Crippen molar-refractivity contribution >= 4 is 0 Å². The van der Waals surface area contributed by atoms with Gasteiger partial charge in [0.2, 0.25) is 0 Å². The van der Waals surface area contributed by atoms with E-state index in [4.69, 9.17) is 0 Å². The Balaban J connectivity index is 1.74. The van der Waals surface area contributed by atoms with Crippen molar-refractivity contribution in [3.05, 3.63) is 77.9 Å². The fourth-order valence-corrected chi connectivity index (χ4v) is 3.41. The summed E-state index contributed by atoms with van der Waals surface area (Å²) in [7, 11) is 0. The normalized spacial score (nSPS) is 11.1. The summed E-state index contributed by atoms with van der Waals surface area (Å²) in [5.74, 6) is -1.90. The van der Waals surface area contributed by atoms with Crippen LogP contribution in [0.1, 0.15) is 38.2 Å². The quantitative estimate of drug-likeness (QED) is 0.253. The fourth-order valence-electron chi connectivity index (χ4n) is 3.41. The molecule has 0 N–H and O–H groups in total. The summed E-state index contributed by atoms with van der Waals surface area (Å²) in [5.41, 5.74) is 3.28. The molecule has 0 saturated carbocycles. The molecule has 0 fully saturated rings. The molecule has 0 bridgehead atoms. The van der Waals surface area contributed by atoms with Crippen LogP contribution in [-0.2, 0) is 6.42 Å². The van der Waals surface area contributed by atoms with Crippen molar-refractivity contribution in [3.8, 4) is 28.0 Å². The summed E-state index contributed by atoms with van der Waals surface area (Å²) in [4.78, 5) is 0. The van der Waals surface area contributed by atoms with Gasteiger partial charge in [0.15, 0.2) is 11.6 Å². The minimum Gasteiger partial charge on any atom is -0.432 e. The maximum Gasteiger partial charge on any atom is 0.387 e. The van der Waals surface area contributed by atoms with Crippen LogP contribution in [-0.4, -0.2) is 6.61 Å². The number of benzene rings is 3. The first-order valence-corrected chi connectivity index (χ1v) is 10.1. The molecular formula is C25H24F4O. The van der Waals surface area contributed by atoms with E-state index in [1.54, 1.807) is 12.1 Å². The number of ether oxygens (including phenoxy) is 1. The highest BCUT2D eigenvalue weighted by Crippen LogP contribution is 2.31. The minimum atomic E-state index is -3.11. The van der Waals surface area contributed by atoms with E-state index in [9.17, 15) is 17.6 Å². The van der Waals surface area contributed by atoms with E-state index < -0.39 is 24.0 Å². The lowest BCUT2D eigenvalue weighted by atomic mass is 9.98. The van der Waals surface area contributed by atoms with Crippen LogP contribution in [0.5, 0.6) is 5.75 Å².